The Morgan fingerprint density at radius 2 is 2.06 bits per heavy atom. The fourth-order valence-electron chi connectivity index (χ4n) is 3.57. The summed E-state index contributed by atoms with van der Waals surface area (Å²) in [5, 5.41) is 21.0. The summed E-state index contributed by atoms with van der Waals surface area (Å²) in [6.45, 7) is 5.65. The number of rotatable bonds is 6. The molecule has 11 heteroatoms. The van der Waals surface area contributed by atoms with Crippen LogP contribution in [0.25, 0.3) is 0 Å². The van der Waals surface area contributed by atoms with Crippen molar-refractivity contribution in [3.63, 3.8) is 0 Å². The largest absolute Gasteiger partial charge is 0.477 e. The number of carbonyl (C=O) groups excluding carboxylic acids is 2. The van der Waals surface area contributed by atoms with E-state index in [4.69, 9.17) is 0 Å². The Labute approximate surface area is 191 Å². The Morgan fingerprint density at radius 3 is 2.71 bits per heavy atom. The smallest absolute Gasteiger partial charge is 0.352 e. The van der Waals surface area contributed by atoms with Gasteiger partial charge in [0, 0.05) is 17.1 Å². The summed E-state index contributed by atoms with van der Waals surface area (Å²) in [6, 6.07) is 4.75. The standard InChI is InChI=1S/C20H20N4O4S3/c1-9-4-5-13(10(2)6-9)16(25)21-14-17(26)24-15(19(27)28)12(7-29-18(14)24)8-30-20-23-22-11(3)31-20/h4-6,14,18H,7-8H2,1-3H3,(H,21,25)(H,27,28)/t14-,18-/m0/s1. The quantitative estimate of drug-likeness (QED) is 0.483. The van der Waals surface area contributed by atoms with E-state index in [0.717, 1.165) is 20.5 Å². The number of hydrogen-bond donors (Lipinski definition) is 2. The van der Waals surface area contributed by atoms with Crippen molar-refractivity contribution in [2.45, 2.75) is 36.5 Å². The molecule has 0 aliphatic carbocycles. The van der Waals surface area contributed by atoms with Gasteiger partial charge in [0.05, 0.1) is 0 Å². The summed E-state index contributed by atoms with van der Waals surface area (Å²) >= 11 is 4.32. The first-order chi connectivity index (χ1) is 14.8. The summed E-state index contributed by atoms with van der Waals surface area (Å²) in [5.74, 6) is -0.982. The van der Waals surface area contributed by atoms with Gasteiger partial charge in [-0.2, -0.15) is 0 Å². The van der Waals surface area contributed by atoms with Gasteiger partial charge in [0.1, 0.15) is 22.1 Å². The molecular formula is C20H20N4O4S3. The van der Waals surface area contributed by atoms with Crippen LogP contribution in [0.5, 0.6) is 0 Å². The van der Waals surface area contributed by atoms with Gasteiger partial charge in [0.15, 0.2) is 4.34 Å². The van der Waals surface area contributed by atoms with Crippen molar-refractivity contribution in [3.8, 4) is 0 Å². The first-order valence-corrected chi connectivity index (χ1v) is 12.3. The molecule has 3 heterocycles. The van der Waals surface area contributed by atoms with E-state index in [2.05, 4.69) is 15.5 Å². The molecule has 31 heavy (non-hydrogen) atoms. The number of carbonyl (C=O) groups is 3. The molecule has 0 bridgehead atoms. The number of aromatic nitrogens is 2. The third-order valence-corrected chi connectivity index (χ3v) is 8.44. The molecule has 0 spiro atoms. The fraction of sp³-hybridized carbons (Fsp3) is 0.350. The summed E-state index contributed by atoms with van der Waals surface area (Å²) in [5.41, 5.74) is 3.07. The zero-order valence-electron chi connectivity index (χ0n) is 17.0. The highest BCUT2D eigenvalue weighted by Crippen LogP contribution is 2.41. The maximum Gasteiger partial charge on any atom is 0.352 e. The van der Waals surface area contributed by atoms with Crippen molar-refractivity contribution < 1.29 is 19.5 Å². The van der Waals surface area contributed by atoms with Gasteiger partial charge in [-0.3, -0.25) is 14.5 Å². The highest BCUT2D eigenvalue weighted by atomic mass is 32.2. The summed E-state index contributed by atoms with van der Waals surface area (Å²) in [4.78, 5) is 38.8. The molecule has 2 atom stereocenters. The first kappa shape index (κ1) is 21.8. The third kappa shape index (κ3) is 4.21. The van der Waals surface area contributed by atoms with Crippen molar-refractivity contribution in [3.05, 3.63) is 51.2 Å². The van der Waals surface area contributed by atoms with Crippen LogP contribution in [0.3, 0.4) is 0 Å². The molecule has 4 rings (SSSR count). The maximum atomic E-state index is 12.8. The average Bonchev–Trinajstić information content (AvgIpc) is 3.14. The van der Waals surface area contributed by atoms with Gasteiger partial charge >= 0.3 is 5.97 Å². The van der Waals surface area contributed by atoms with E-state index >= 15 is 0 Å². The molecule has 2 amide bonds. The van der Waals surface area contributed by atoms with Crippen molar-refractivity contribution in [2.24, 2.45) is 0 Å². The zero-order valence-corrected chi connectivity index (χ0v) is 19.5. The summed E-state index contributed by atoms with van der Waals surface area (Å²) in [7, 11) is 0. The Kier molecular flexibility index (Phi) is 6.09. The second-order valence-electron chi connectivity index (χ2n) is 7.31. The van der Waals surface area contributed by atoms with Crippen LogP contribution in [-0.2, 0) is 9.59 Å². The molecule has 2 aromatic rings. The first-order valence-electron chi connectivity index (χ1n) is 9.47. The lowest BCUT2D eigenvalue weighted by Gasteiger charge is -2.49. The van der Waals surface area contributed by atoms with E-state index in [1.165, 1.54) is 39.8 Å². The number of fused-ring (bicyclic) bond motifs is 1. The molecule has 2 N–H and O–H groups in total. The number of hydrogen-bond acceptors (Lipinski definition) is 8. The van der Waals surface area contributed by atoms with Crippen molar-refractivity contribution in [1.29, 1.82) is 0 Å². The van der Waals surface area contributed by atoms with Gasteiger partial charge < -0.3 is 10.4 Å². The van der Waals surface area contributed by atoms with Crippen LogP contribution < -0.4 is 5.32 Å². The average molecular weight is 477 g/mol. The van der Waals surface area contributed by atoms with Crippen LogP contribution in [0.2, 0.25) is 0 Å². The normalized spacial score (nSPS) is 20.4. The maximum absolute atomic E-state index is 12.8. The molecule has 2 aliphatic rings. The molecule has 1 aromatic carbocycles. The van der Waals surface area contributed by atoms with Crippen LogP contribution in [0.4, 0.5) is 0 Å². The number of aliphatic carboxylic acids is 1. The number of thioether (sulfide) groups is 2. The highest BCUT2D eigenvalue weighted by molar-refractivity contribution is 8.01. The Hall–Kier alpha value is -2.37. The minimum atomic E-state index is -1.14. The lowest BCUT2D eigenvalue weighted by Crippen LogP contribution is -2.70. The van der Waals surface area contributed by atoms with E-state index < -0.39 is 23.3 Å². The van der Waals surface area contributed by atoms with Crippen LogP contribution >= 0.6 is 34.9 Å². The lowest BCUT2D eigenvalue weighted by molar-refractivity contribution is -0.148. The van der Waals surface area contributed by atoms with Gasteiger partial charge in [-0.15, -0.1) is 22.0 Å². The summed E-state index contributed by atoms with van der Waals surface area (Å²) < 4.78 is 0.760. The van der Waals surface area contributed by atoms with E-state index in [-0.39, 0.29) is 11.6 Å². The molecule has 1 aromatic heterocycles. The Bertz CT molecular complexity index is 1110. The monoisotopic (exact) mass is 476 g/mol. The predicted octanol–water partition coefficient (Wildman–Crippen LogP) is 2.61. The molecular weight excluding hydrogens is 456 g/mol. The van der Waals surface area contributed by atoms with Gasteiger partial charge in [0.2, 0.25) is 0 Å². The number of nitrogens with one attached hydrogen (secondary N) is 1. The second-order valence-corrected chi connectivity index (χ2v) is 10.8. The third-order valence-electron chi connectivity index (χ3n) is 5.04. The number of carboxylic acids is 1. The molecule has 0 unspecified atom stereocenters. The van der Waals surface area contributed by atoms with Crippen molar-refractivity contribution >= 4 is 52.6 Å². The SMILES string of the molecule is Cc1ccc(C(=O)N[C@H]2C(=O)N3C(C(=O)O)=C(CSc4nnc(C)s4)CS[C@@H]23)c(C)c1. The van der Waals surface area contributed by atoms with E-state index in [9.17, 15) is 19.5 Å². The Balaban J connectivity index is 1.49. The summed E-state index contributed by atoms with van der Waals surface area (Å²) in [6.07, 6.45) is 0. The van der Waals surface area contributed by atoms with Gasteiger partial charge in [0.25, 0.3) is 11.8 Å². The number of carboxylic acid groups (broad SMARTS) is 1. The number of aryl methyl sites for hydroxylation is 3. The number of amides is 2. The van der Waals surface area contributed by atoms with Crippen molar-refractivity contribution in [2.75, 3.05) is 11.5 Å². The molecule has 0 radical (unpaired) electrons. The van der Waals surface area contributed by atoms with E-state index in [1.807, 2.05) is 32.9 Å². The number of benzene rings is 1. The predicted molar refractivity (Wildman–Crippen MR) is 120 cm³/mol. The van der Waals surface area contributed by atoms with E-state index in [0.29, 0.717) is 22.6 Å². The lowest BCUT2D eigenvalue weighted by atomic mass is 10.0. The van der Waals surface area contributed by atoms with Crippen LogP contribution in [0.15, 0.2) is 33.8 Å². The van der Waals surface area contributed by atoms with Gasteiger partial charge in [-0.1, -0.05) is 40.8 Å². The molecule has 162 valence electrons. The molecule has 0 saturated carbocycles. The fourth-order valence-corrected chi connectivity index (χ4v) is 6.87. The number of β-lactam (4-membered cyclic amide) rings is 1. The molecule has 2 aliphatic heterocycles. The Morgan fingerprint density at radius 1 is 1.29 bits per heavy atom. The molecule has 1 saturated heterocycles. The number of nitrogens with zero attached hydrogens (tertiary/aromatic N) is 3. The second kappa shape index (κ2) is 8.64. The van der Waals surface area contributed by atoms with E-state index in [1.54, 1.807) is 6.07 Å². The van der Waals surface area contributed by atoms with Crippen LogP contribution in [-0.4, -0.2) is 60.9 Å². The van der Waals surface area contributed by atoms with Crippen LogP contribution in [0, 0.1) is 20.8 Å². The van der Waals surface area contributed by atoms with Crippen molar-refractivity contribution in [1.82, 2.24) is 20.4 Å². The van der Waals surface area contributed by atoms with Crippen LogP contribution in [0.1, 0.15) is 26.5 Å². The van der Waals surface area contributed by atoms with Gasteiger partial charge in [-0.25, -0.2) is 4.79 Å². The molecule has 8 nitrogen and oxygen atoms in total. The minimum absolute atomic E-state index is 0.0134. The molecule has 1 fully saturated rings. The highest BCUT2D eigenvalue weighted by Gasteiger charge is 2.54. The topological polar surface area (TPSA) is 112 Å². The zero-order chi connectivity index (χ0) is 22.3. The van der Waals surface area contributed by atoms with Gasteiger partial charge in [-0.05, 0) is 38.0 Å². The minimum Gasteiger partial charge on any atom is -0.477 e.